The maximum absolute atomic E-state index is 12.3. The third-order valence-corrected chi connectivity index (χ3v) is 4.02. The molecule has 1 aromatic heterocycles. The number of likely N-dealkylation sites (N-methyl/N-ethyl adjacent to an activating group) is 1. The smallest absolute Gasteiger partial charge is 0.329 e. The van der Waals surface area contributed by atoms with Gasteiger partial charge in [0.25, 0.3) is 0 Å². The van der Waals surface area contributed by atoms with Crippen molar-refractivity contribution in [2.75, 3.05) is 20.1 Å². The van der Waals surface area contributed by atoms with Gasteiger partial charge in [-0.1, -0.05) is 0 Å². The normalized spacial score (nSPS) is 15.2. The monoisotopic (exact) mass is 303 g/mol. The number of nitrogens with two attached hydrogens (primary N) is 1. The Morgan fingerprint density at radius 1 is 1.19 bits per heavy atom. The fourth-order valence-electron chi connectivity index (χ4n) is 2.23. The number of nitrogens with zero attached hydrogens (tertiary/aromatic N) is 2. The van der Waals surface area contributed by atoms with Crippen LogP contribution in [-0.2, 0) is 6.42 Å². The highest BCUT2D eigenvalue weighted by Crippen LogP contribution is 2.26. The molecule has 0 fully saturated rings. The van der Waals surface area contributed by atoms with Crippen LogP contribution in [0, 0.1) is 0 Å². The average Bonchev–Trinajstić information content (AvgIpc) is 2.44. The fraction of sp³-hybridized carbons (Fsp3) is 0.667. The van der Waals surface area contributed by atoms with Crippen molar-refractivity contribution in [3.63, 3.8) is 0 Å². The topological polar surface area (TPSA) is 42.2 Å². The Morgan fingerprint density at radius 3 is 2.33 bits per heavy atom. The van der Waals surface area contributed by atoms with Crippen molar-refractivity contribution < 1.29 is 13.2 Å². The molecule has 0 spiro atoms. The molecule has 0 aliphatic heterocycles. The van der Waals surface area contributed by atoms with Gasteiger partial charge in [0.2, 0.25) is 0 Å². The van der Waals surface area contributed by atoms with E-state index in [9.17, 15) is 13.2 Å². The van der Waals surface area contributed by atoms with Gasteiger partial charge in [-0.05, 0) is 50.9 Å². The van der Waals surface area contributed by atoms with Gasteiger partial charge >= 0.3 is 6.18 Å². The zero-order valence-corrected chi connectivity index (χ0v) is 12.7. The second-order valence-electron chi connectivity index (χ2n) is 5.70. The van der Waals surface area contributed by atoms with Crippen molar-refractivity contribution in [2.24, 2.45) is 5.73 Å². The van der Waals surface area contributed by atoms with E-state index in [2.05, 4.69) is 9.88 Å². The summed E-state index contributed by atoms with van der Waals surface area (Å²) >= 11 is 0. The van der Waals surface area contributed by atoms with Crippen LogP contribution >= 0.6 is 0 Å². The van der Waals surface area contributed by atoms with Gasteiger partial charge in [0, 0.05) is 37.4 Å². The first-order valence-corrected chi connectivity index (χ1v) is 7.14. The Morgan fingerprint density at radius 2 is 1.81 bits per heavy atom. The number of rotatable bonds is 8. The standard InChI is InChI=1S/C15H24F3N3/c1-14(12-19,7-3-8-15(16,17)18)21(2)11-6-13-4-9-20-10-5-13/h4-5,9-10H,3,6-8,11-12,19H2,1-2H3. The number of pyridine rings is 1. The third-order valence-electron chi connectivity index (χ3n) is 4.02. The number of hydrogen-bond donors (Lipinski definition) is 1. The quantitative estimate of drug-likeness (QED) is 0.803. The van der Waals surface area contributed by atoms with Crippen LogP contribution in [0.4, 0.5) is 13.2 Å². The summed E-state index contributed by atoms with van der Waals surface area (Å²) in [6.07, 6.45) is 0.00796. The maximum atomic E-state index is 12.3. The molecule has 0 aliphatic rings. The van der Waals surface area contributed by atoms with Gasteiger partial charge in [0.05, 0.1) is 0 Å². The molecular formula is C15H24F3N3. The Hall–Kier alpha value is -1.14. The summed E-state index contributed by atoms with van der Waals surface area (Å²) in [5, 5.41) is 0. The highest BCUT2D eigenvalue weighted by atomic mass is 19.4. The third kappa shape index (κ3) is 6.44. The van der Waals surface area contributed by atoms with Crippen LogP contribution in [0.25, 0.3) is 0 Å². The lowest BCUT2D eigenvalue weighted by Crippen LogP contribution is -2.50. The molecule has 1 unspecified atom stereocenters. The second kappa shape index (κ2) is 7.75. The van der Waals surface area contributed by atoms with Gasteiger partial charge in [0.1, 0.15) is 0 Å². The Bertz CT molecular complexity index is 408. The summed E-state index contributed by atoms with van der Waals surface area (Å²) in [5.74, 6) is 0. The van der Waals surface area contributed by atoms with Gasteiger partial charge in [-0.25, -0.2) is 0 Å². The Balaban J connectivity index is 2.48. The summed E-state index contributed by atoms with van der Waals surface area (Å²) in [6, 6.07) is 3.88. The summed E-state index contributed by atoms with van der Waals surface area (Å²) in [6.45, 7) is 3.03. The van der Waals surface area contributed by atoms with Crippen molar-refractivity contribution in [1.29, 1.82) is 0 Å². The van der Waals surface area contributed by atoms with Crippen LogP contribution < -0.4 is 5.73 Å². The molecule has 2 N–H and O–H groups in total. The molecule has 120 valence electrons. The minimum absolute atomic E-state index is 0.108. The van der Waals surface area contributed by atoms with Gasteiger partial charge in [-0.15, -0.1) is 0 Å². The maximum Gasteiger partial charge on any atom is 0.389 e. The second-order valence-corrected chi connectivity index (χ2v) is 5.70. The summed E-state index contributed by atoms with van der Waals surface area (Å²) in [4.78, 5) is 6.02. The molecule has 0 bridgehead atoms. The van der Waals surface area contributed by atoms with E-state index >= 15 is 0 Å². The van der Waals surface area contributed by atoms with Crippen LogP contribution in [-0.4, -0.2) is 41.7 Å². The zero-order valence-electron chi connectivity index (χ0n) is 12.7. The van der Waals surface area contributed by atoms with Gasteiger partial charge in [0.15, 0.2) is 0 Å². The minimum Gasteiger partial charge on any atom is -0.329 e. The molecule has 0 aliphatic carbocycles. The number of hydrogen-bond acceptors (Lipinski definition) is 3. The molecule has 1 heterocycles. The highest BCUT2D eigenvalue weighted by Gasteiger charge is 2.31. The van der Waals surface area contributed by atoms with Crippen LogP contribution in [0.15, 0.2) is 24.5 Å². The molecule has 1 aromatic rings. The molecule has 21 heavy (non-hydrogen) atoms. The molecule has 1 atom stereocenters. The molecule has 0 saturated carbocycles. The lowest BCUT2D eigenvalue weighted by atomic mass is 9.92. The van der Waals surface area contributed by atoms with E-state index in [-0.39, 0.29) is 6.42 Å². The van der Waals surface area contributed by atoms with Crippen molar-refractivity contribution in [2.45, 2.75) is 44.3 Å². The van der Waals surface area contributed by atoms with Crippen molar-refractivity contribution in [3.8, 4) is 0 Å². The molecule has 0 saturated heterocycles. The van der Waals surface area contributed by atoms with E-state index < -0.39 is 18.1 Å². The first-order chi connectivity index (χ1) is 9.77. The van der Waals surface area contributed by atoms with Crippen molar-refractivity contribution >= 4 is 0 Å². The summed E-state index contributed by atoms with van der Waals surface area (Å²) in [5.41, 5.74) is 6.55. The van der Waals surface area contributed by atoms with E-state index in [1.165, 1.54) is 0 Å². The van der Waals surface area contributed by atoms with Crippen LogP contribution in [0.3, 0.4) is 0 Å². The van der Waals surface area contributed by atoms with Gasteiger partial charge in [-0.2, -0.15) is 13.2 Å². The van der Waals surface area contributed by atoms with Crippen LogP contribution in [0.5, 0.6) is 0 Å². The molecule has 6 heteroatoms. The zero-order chi connectivity index (χ0) is 15.9. The molecule has 3 nitrogen and oxygen atoms in total. The van der Waals surface area contributed by atoms with Crippen molar-refractivity contribution in [3.05, 3.63) is 30.1 Å². The Kier molecular flexibility index (Phi) is 6.61. The summed E-state index contributed by atoms with van der Waals surface area (Å²) < 4.78 is 36.8. The molecule has 0 aromatic carbocycles. The van der Waals surface area contributed by atoms with Gasteiger partial charge in [-0.3, -0.25) is 9.88 Å². The van der Waals surface area contributed by atoms with Crippen LogP contribution in [0.1, 0.15) is 31.7 Å². The molecular weight excluding hydrogens is 279 g/mol. The lowest BCUT2D eigenvalue weighted by molar-refractivity contribution is -0.136. The fourth-order valence-corrected chi connectivity index (χ4v) is 2.23. The van der Waals surface area contributed by atoms with Gasteiger partial charge < -0.3 is 5.73 Å². The van der Waals surface area contributed by atoms with Crippen LogP contribution in [0.2, 0.25) is 0 Å². The largest absolute Gasteiger partial charge is 0.389 e. The van der Waals surface area contributed by atoms with E-state index in [4.69, 9.17) is 5.73 Å². The Labute approximate surface area is 124 Å². The minimum atomic E-state index is -4.09. The SMILES string of the molecule is CN(CCc1ccncc1)C(C)(CN)CCCC(F)(F)F. The predicted molar refractivity (Wildman–Crippen MR) is 77.9 cm³/mol. The summed E-state index contributed by atoms with van der Waals surface area (Å²) in [7, 11) is 1.92. The lowest BCUT2D eigenvalue weighted by Gasteiger charge is -2.38. The van der Waals surface area contributed by atoms with Crippen molar-refractivity contribution in [1.82, 2.24) is 9.88 Å². The number of halogens is 3. The highest BCUT2D eigenvalue weighted by molar-refractivity contribution is 5.10. The van der Waals surface area contributed by atoms with E-state index in [1.54, 1.807) is 12.4 Å². The number of aromatic nitrogens is 1. The first-order valence-electron chi connectivity index (χ1n) is 7.14. The predicted octanol–water partition coefficient (Wildman–Crippen LogP) is 3.01. The van der Waals surface area contributed by atoms with E-state index in [0.717, 1.165) is 18.5 Å². The molecule has 0 radical (unpaired) electrons. The molecule has 1 rings (SSSR count). The van der Waals surface area contributed by atoms with E-state index in [0.29, 0.717) is 13.0 Å². The average molecular weight is 303 g/mol. The first kappa shape index (κ1) is 17.9. The molecule has 0 amide bonds. The number of alkyl halides is 3. The van der Waals surface area contributed by atoms with E-state index in [1.807, 2.05) is 26.1 Å².